The van der Waals surface area contributed by atoms with Crippen LogP contribution in [0.3, 0.4) is 0 Å². The lowest BCUT2D eigenvalue weighted by Crippen LogP contribution is -2.44. The van der Waals surface area contributed by atoms with Gasteiger partial charge < -0.3 is 10.4 Å². The first-order chi connectivity index (χ1) is 9.16. The smallest absolute Gasteiger partial charge is 0.326 e. The first-order valence-corrected chi connectivity index (χ1v) is 6.09. The minimum atomic E-state index is -1.02. The van der Waals surface area contributed by atoms with Gasteiger partial charge in [0, 0.05) is 6.42 Å². The fraction of sp³-hybridized carbons (Fsp3) is 0.200. The molecule has 0 aliphatic heterocycles. The Morgan fingerprint density at radius 1 is 1.16 bits per heavy atom. The van der Waals surface area contributed by atoms with E-state index in [2.05, 4.69) is 5.32 Å². The van der Waals surface area contributed by atoms with Gasteiger partial charge in [-0.2, -0.15) is 0 Å². The standard InChI is InChI=1S/C15H15NO3/c17-14(12-8-4-5-9-12)16-13(15(18)19)10-11-6-2-1-3-7-11/h1-9,12-13H,10H2,(H,16,17)(H,18,19)/t13-/m0/s1. The minimum absolute atomic E-state index is 0.280. The highest BCUT2D eigenvalue weighted by atomic mass is 16.4. The van der Waals surface area contributed by atoms with Crippen molar-refractivity contribution in [1.29, 1.82) is 0 Å². The van der Waals surface area contributed by atoms with Crippen LogP contribution in [-0.4, -0.2) is 23.0 Å². The van der Waals surface area contributed by atoms with Crippen molar-refractivity contribution in [2.75, 3.05) is 0 Å². The van der Waals surface area contributed by atoms with Crippen LogP contribution in [0.4, 0.5) is 0 Å². The van der Waals surface area contributed by atoms with Gasteiger partial charge in [-0.05, 0) is 5.56 Å². The number of rotatable bonds is 5. The van der Waals surface area contributed by atoms with Gasteiger partial charge in [0.25, 0.3) is 0 Å². The van der Waals surface area contributed by atoms with Crippen LogP contribution in [0.25, 0.3) is 0 Å². The highest BCUT2D eigenvalue weighted by Crippen LogP contribution is 2.10. The number of carboxylic acids is 1. The maximum Gasteiger partial charge on any atom is 0.326 e. The number of hydrogen-bond acceptors (Lipinski definition) is 2. The first-order valence-electron chi connectivity index (χ1n) is 6.09. The molecule has 2 rings (SSSR count). The average molecular weight is 257 g/mol. The molecule has 98 valence electrons. The van der Waals surface area contributed by atoms with Crippen molar-refractivity contribution < 1.29 is 14.7 Å². The topological polar surface area (TPSA) is 66.4 Å². The number of allylic oxidation sites excluding steroid dienone is 2. The van der Waals surface area contributed by atoms with Crippen LogP contribution in [0.15, 0.2) is 54.6 Å². The van der Waals surface area contributed by atoms with Crippen molar-refractivity contribution in [3.8, 4) is 0 Å². The third kappa shape index (κ3) is 3.55. The van der Waals surface area contributed by atoms with Crippen LogP contribution in [0.1, 0.15) is 5.56 Å². The van der Waals surface area contributed by atoms with Gasteiger partial charge in [0.15, 0.2) is 0 Å². The molecule has 0 heterocycles. The van der Waals surface area contributed by atoms with Gasteiger partial charge >= 0.3 is 5.97 Å². The maximum absolute atomic E-state index is 11.9. The Balaban J connectivity index is 2.00. The molecule has 0 saturated carbocycles. The quantitative estimate of drug-likeness (QED) is 0.841. The number of carboxylic acid groups (broad SMARTS) is 1. The molecule has 1 aliphatic rings. The summed E-state index contributed by atoms with van der Waals surface area (Å²) < 4.78 is 0. The van der Waals surface area contributed by atoms with Crippen molar-refractivity contribution in [2.24, 2.45) is 5.92 Å². The normalized spacial score (nSPS) is 15.4. The Hall–Kier alpha value is -2.36. The average Bonchev–Trinajstić information content (AvgIpc) is 2.93. The second-order valence-electron chi connectivity index (χ2n) is 4.38. The number of aliphatic carboxylic acids is 1. The molecular formula is C15H15NO3. The van der Waals surface area contributed by atoms with Gasteiger partial charge in [0.1, 0.15) is 6.04 Å². The van der Waals surface area contributed by atoms with Crippen molar-refractivity contribution in [1.82, 2.24) is 5.32 Å². The lowest BCUT2D eigenvalue weighted by atomic mass is 10.0. The predicted octanol–water partition coefficient (Wildman–Crippen LogP) is 1.54. The monoisotopic (exact) mass is 257 g/mol. The molecule has 0 saturated heterocycles. The molecule has 4 nitrogen and oxygen atoms in total. The molecule has 0 spiro atoms. The Kier molecular flexibility index (Phi) is 4.13. The van der Waals surface area contributed by atoms with Crippen LogP contribution >= 0.6 is 0 Å². The van der Waals surface area contributed by atoms with Gasteiger partial charge in [-0.1, -0.05) is 54.6 Å². The Morgan fingerprint density at radius 3 is 2.37 bits per heavy atom. The minimum Gasteiger partial charge on any atom is -0.480 e. The van der Waals surface area contributed by atoms with Crippen LogP contribution in [0.2, 0.25) is 0 Å². The van der Waals surface area contributed by atoms with Gasteiger partial charge in [0.2, 0.25) is 5.91 Å². The Morgan fingerprint density at radius 2 is 1.79 bits per heavy atom. The van der Waals surface area contributed by atoms with Gasteiger partial charge in [-0.3, -0.25) is 4.79 Å². The third-order valence-electron chi connectivity index (χ3n) is 2.95. The molecule has 1 atom stereocenters. The fourth-order valence-corrected chi connectivity index (χ4v) is 1.92. The van der Waals surface area contributed by atoms with Crippen LogP contribution in [0, 0.1) is 5.92 Å². The number of carbonyl (C=O) groups excluding carboxylic acids is 1. The molecule has 4 heteroatoms. The molecule has 0 unspecified atom stereocenters. The lowest BCUT2D eigenvalue weighted by molar-refractivity contribution is -0.142. The van der Waals surface area contributed by atoms with Crippen molar-refractivity contribution in [3.63, 3.8) is 0 Å². The summed E-state index contributed by atoms with van der Waals surface area (Å²) >= 11 is 0. The Labute approximate surface area is 111 Å². The second-order valence-corrected chi connectivity index (χ2v) is 4.38. The fourth-order valence-electron chi connectivity index (χ4n) is 1.92. The van der Waals surface area contributed by atoms with E-state index in [0.717, 1.165) is 5.56 Å². The van der Waals surface area contributed by atoms with Crippen molar-refractivity contribution >= 4 is 11.9 Å². The summed E-state index contributed by atoms with van der Waals surface area (Å²) in [6.07, 6.45) is 7.30. The summed E-state index contributed by atoms with van der Waals surface area (Å²) in [5.41, 5.74) is 0.882. The lowest BCUT2D eigenvalue weighted by Gasteiger charge is -2.16. The summed E-state index contributed by atoms with van der Waals surface area (Å²) in [5.74, 6) is -1.67. The van der Waals surface area contributed by atoms with E-state index < -0.39 is 12.0 Å². The van der Waals surface area contributed by atoms with E-state index in [0.29, 0.717) is 0 Å². The van der Waals surface area contributed by atoms with Crippen LogP contribution in [0.5, 0.6) is 0 Å². The third-order valence-corrected chi connectivity index (χ3v) is 2.95. The summed E-state index contributed by atoms with van der Waals surface area (Å²) in [4.78, 5) is 23.1. The zero-order chi connectivity index (χ0) is 13.7. The molecular weight excluding hydrogens is 242 g/mol. The zero-order valence-corrected chi connectivity index (χ0v) is 10.3. The molecule has 0 fully saturated rings. The van der Waals surface area contributed by atoms with Gasteiger partial charge in [-0.15, -0.1) is 0 Å². The number of carbonyl (C=O) groups is 2. The second kappa shape index (κ2) is 6.00. The number of benzene rings is 1. The highest BCUT2D eigenvalue weighted by Gasteiger charge is 2.23. The van der Waals surface area contributed by atoms with Crippen molar-refractivity contribution in [3.05, 3.63) is 60.2 Å². The highest BCUT2D eigenvalue weighted by molar-refractivity contribution is 5.87. The molecule has 1 amide bonds. The van der Waals surface area contributed by atoms with Gasteiger partial charge in [0.05, 0.1) is 5.92 Å². The maximum atomic E-state index is 11.9. The Bertz CT molecular complexity index is 507. The summed E-state index contributed by atoms with van der Waals surface area (Å²) in [5, 5.41) is 11.7. The van der Waals surface area contributed by atoms with E-state index in [1.165, 1.54) is 0 Å². The van der Waals surface area contributed by atoms with Crippen LogP contribution < -0.4 is 5.32 Å². The summed E-state index contributed by atoms with van der Waals surface area (Å²) in [6.45, 7) is 0. The van der Waals surface area contributed by atoms with E-state index in [9.17, 15) is 14.7 Å². The molecule has 0 aromatic heterocycles. The first kappa shape index (κ1) is 13.1. The largest absolute Gasteiger partial charge is 0.480 e. The summed E-state index contributed by atoms with van der Waals surface area (Å²) in [7, 11) is 0. The summed E-state index contributed by atoms with van der Waals surface area (Å²) in [6, 6.07) is 8.34. The zero-order valence-electron chi connectivity index (χ0n) is 10.3. The van der Waals surface area contributed by atoms with E-state index in [1.807, 2.05) is 30.3 Å². The molecule has 1 aromatic carbocycles. The molecule has 0 radical (unpaired) electrons. The molecule has 2 N–H and O–H groups in total. The predicted molar refractivity (Wildman–Crippen MR) is 71.5 cm³/mol. The van der Waals surface area contributed by atoms with E-state index in [-0.39, 0.29) is 18.2 Å². The van der Waals surface area contributed by atoms with E-state index >= 15 is 0 Å². The number of hydrogen-bond donors (Lipinski definition) is 2. The van der Waals surface area contributed by atoms with Gasteiger partial charge in [-0.25, -0.2) is 4.79 Å². The van der Waals surface area contributed by atoms with E-state index in [1.54, 1.807) is 24.3 Å². The molecule has 0 bridgehead atoms. The van der Waals surface area contributed by atoms with Crippen LogP contribution in [-0.2, 0) is 16.0 Å². The number of nitrogens with one attached hydrogen (secondary N) is 1. The molecule has 19 heavy (non-hydrogen) atoms. The SMILES string of the molecule is O=C(N[C@@H](Cc1ccccc1)C(=O)O)C1C=CC=C1. The van der Waals surface area contributed by atoms with Crippen molar-refractivity contribution in [2.45, 2.75) is 12.5 Å². The number of amides is 1. The molecule has 1 aliphatic carbocycles. The van der Waals surface area contributed by atoms with E-state index in [4.69, 9.17) is 0 Å². The molecule has 1 aromatic rings.